The summed E-state index contributed by atoms with van der Waals surface area (Å²) in [4.78, 5) is 16.6. The first-order chi connectivity index (χ1) is 15.0. The Balaban J connectivity index is 1.60. The van der Waals surface area contributed by atoms with Crippen molar-refractivity contribution in [1.29, 1.82) is 0 Å². The highest BCUT2D eigenvalue weighted by Crippen LogP contribution is 2.29. The molecule has 6 nitrogen and oxygen atoms in total. The van der Waals surface area contributed by atoms with Crippen LogP contribution in [0.25, 0.3) is 17.1 Å². The minimum Gasteiger partial charge on any atom is -0.325 e. The standard InChI is InChI=1S/C22H17Cl2N5OS/c1-14-4-2-3-5-19(14)29-21(15-6-8-25-9-7-15)27-28-22(29)31-13-20(30)26-18-11-16(23)10-17(24)12-18/h2-12H,13H2,1H3,(H,26,30). The molecule has 0 bridgehead atoms. The molecule has 31 heavy (non-hydrogen) atoms. The molecular weight excluding hydrogens is 453 g/mol. The lowest BCUT2D eigenvalue weighted by molar-refractivity contribution is -0.113. The molecule has 0 saturated carbocycles. The van der Waals surface area contributed by atoms with Crippen LogP contribution >= 0.6 is 35.0 Å². The smallest absolute Gasteiger partial charge is 0.234 e. The third-order valence-corrected chi connectivity index (χ3v) is 5.77. The van der Waals surface area contributed by atoms with Crippen LogP contribution in [0.2, 0.25) is 10.0 Å². The van der Waals surface area contributed by atoms with Gasteiger partial charge in [-0.25, -0.2) is 0 Å². The van der Waals surface area contributed by atoms with Crippen molar-refractivity contribution in [3.05, 3.63) is 82.6 Å². The van der Waals surface area contributed by atoms with E-state index in [2.05, 4.69) is 20.5 Å². The maximum Gasteiger partial charge on any atom is 0.234 e. The number of aryl methyl sites for hydroxylation is 1. The summed E-state index contributed by atoms with van der Waals surface area (Å²) in [5, 5.41) is 13.1. The number of thioether (sulfide) groups is 1. The molecule has 1 amide bonds. The Hall–Kier alpha value is -2.87. The van der Waals surface area contributed by atoms with Gasteiger partial charge in [-0.2, -0.15) is 0 Å². The topological polar surface area (TPSA) is 72.7 Å². The summed E-state index contributed by atoms with van der Waals surface area (Å²) in [6.07, 6.45) is 3.42. The number of benzene rings is 2. The monoisotopic (exact) mass is 469 g/mol. The van der Waals surface area contributed by atoms with E-state index < -0.39 is 0 Å². The first-order valence-corrected chi connectivity index (χ1v) is 11.1. The molecule has 0 atom stereocenters. The van der Waals surface area contributed by atoms with Crippen LogP contribution in [0.5, 0.6) is 0 Å². The van der Waals surface area contributed by atoms with Crippen molar-refractivity contribution in [3.63, 3.8) is 0 Å². The Bertz CT molecular complexity index is 1210. The molecular formula is C22H17Cl2N5OS. The fourth-order valence-corrected chi connectivity index (χ4v) is 4.31. The van der Waals surface area contributed by atoms with Gasteiger partial charge in [-0.15, -0.1) is 10.2 Å². The van der Waals surface area contributed by atoms with Gasteiger partial charge in [0.1, 0.15) is 0 Å². The number of hydrogen-bond acceptors (Lipinski definition) is 5. The summed E-state index contributed by atoms with van der Waals surface area (Å²) in [7, 11) is 0. The maximum atomic E-state index is 12.5. The second kappa shape index (κ2) is 9.51. The second-order valence-corrected chi connectivity index (χ2v) is 8.47. The molecule has 156 valence electrons. The first kappa shape index (κ1) is 21.4. The van der Waals surface area contributed by atoms with Gasteiger partial charge in [-0.1, -0.05) is 53.2 Å². The predicted octanol–water partition coefficient (Wildman–Crippen LogP) is 5.68. The molecule has 0 radical (unpaired) electrons. The molecule has 2 aromatic heterocycles. The molecule has 2 aromatic carbocycles. The minimum absolute atomic E-state index is 0.143. The summed E-state index contributed by atoms with van der Waals surface area (Å²) in [5.41, 5.74) is 3.44. The molecule has 2 heterocycles. The molecule has 4 aromatic rings. The van der Waals surface area contributed by atoms with Crippen LogP contribution in [-0.2, 0) is 4.79 Å². The van der Waals surface area contributed by atoms with Crippen molar-refractivity contribution in [3.8, 4) is 17.1 Å². The lowest BCUT2D eigenvalue weighted by atomic mass is 10.2. The molecule has 9 heteroatoms. The summed E-state index contributed by atoms with van der Waals surface area (Å²) in [5.74, 6) is 0.624. The normalized spacial score (nSPS) is 10.8. The van der Waals surface area contributed by atoms with E-state index in [-0.39, 0.29) is 11.7 Å². The number of aromatic nitrogens is 4. The van der Waals surface area contributed by atoms with E-state index >= 15 is 0 Å². The second-order valence-electron chi connectivity index (χ2n) is 6.66. The molecule has 0 spiro atoms. The fourth-order valence-electron chi connectivity index (χ4n) is 3.04. The maximum absolute atomic E-state index is 12.5. The van der Waals surface area contributed by atoms with Crippen molar-refractivity contribution >= 4 is 46.6 Å². The minimum atomic E-state index is -0.201. The van der Waals surface area contributed by atoms with E-state index in [1.54, 1.807) is 30.6 Å². The number of amides is 1. The summed E-state index contributed by atoms with van der Waals surface area (Å²) >= 11 is 13.3. The third-order valence-electron chi connectivity index (χ3n) is 4.41. The van der Waals surface area contributed by atoms with Crippen LogP contribution in [0.4, 0.5) is 5.69 Å². The number of anilines is 1. The van der Waals surface area contributed by atoms with Crippen LogP contribution in [0.3, 0.4) is 0 Å². The van der Waals surface area contributed by atoms with E-state index in [0.717, 1.165) is 16.8 Å². The zero-order valence-corrected chi connectivity index (χ0v) is 18.7. The van der Waals surface area contributed by atoms with Crippen LogP contribution in [0, 0.1) is 6.92 Å². The Kier molecular flexibility index (Phi) is 6.56. The Morgan fingerprint density at radius 3 is 2.45 bits per heavy atom. The lowest BCUT2D eigenvalue weighted by Gasteiger charge is -2.13. The molecule has 0 saturated heterocycles. The van der Waals surface area contributed by atoms with E-state index in [4.69, 9.17) is 23.2 Å². The van der Waals surface area contributed by atoms with Crippen molar-refractivity contribution in [2.45, 2.75) is 12.1 Å². The quantitative estimate of drug-likeness (QED) is 0.368. The van der Waals surface area contributed by atoms with Crippen molar-refractivity contribution in [2.75, 3.05) is 11.1 Å². The first-order valence-electron chi connectivity index (χ1n) is 9.32. The van der Waals surface area contributed by atoms with Gasteiger partial charge < -0.3 is 5.32 Å². The van der Waals surface area contributed by atoms with E-state index in [0.29, 0.717) is 26.7 Å². The number of pyridine rings is 1. The average molecular weight is 470 g/mol. The van der Waals surface area contributed by atoms with E-state index in [9.17, 15) is 4.79 Å². The molecule has 0 unspecified atom stereocenters. The van der Waals surface area contributed by atoms with Crippen LogP contribution in [0.1, 0.15) is 5.56 Å². The Morgan fingerprint density at radius 1 is 1.03 bits per heavy atom. The Labute approximate surface area is 193 Å². The van der Waals surface area contributed by atoms with Gasteiger partial charge >= 0.3 is 0 Å². The zero-order chi connectivity index (χ0) is 21.8. The van der Waals surface area contributed by atoms with E-state index in [1.807, 2.05) is 47.9 Å². The summed E-state index contributed by atoms with van der Waals surface area (Å²) in [6.45, 7) is 2.02. The van der Waals surface area contributed by atoms with Crippen LogP contribution in [0.15, 0.2) is 72.1 Å². The lowest BCUT2D eigenvalue weighted by Crippen LogP contribution is -2.14. The van der Waals surface area contributed by atoms with Crippen molar-refractivity contribution in [1.82, 2.24) is 19.7 Å². The number of hydrogen-bond donors (Lipinski definition) is 1. The number of nitrogens with one attached hydrogen (secondary N) is 1. The van der Waals surface area contributed by atoms with Gasteiger partial charge in [-0.3, -0.25) is 14.3 Å². The number of para-hydroxylation sites is 1. The molecule has 0 aliphatic rings. The number of carbonyl (C=O) groups excluding carboxylic acids is 1. The highest BCUT2D eigenvalue weighted by molar-refractivity contribution is 7.99. The number of halogens is 2. The number of rotatable bonds is 6. The average Bonchev–Trinajstić information content (AvgIpc) is 3.16. The van der Waals surface area contributed by atoms with Gasteiger partial charge in [0.05, 0.1) is 11.4 Å². The predicted molar refractivity (Wildman–Crippen MR) is 125 cm³/mol. The zero-order valence-electron chi connectivity index (χ0n) is 16.4. The van der Waals surface area contributed by atoms with Crippen LogP contribution in [-0.4, -0.2) is 31.4 Å². The highest BCUT2D eigenvalue weighted by Gasteiger charge is 2.18. The van der Waals surface area contributed by atoms with Crippen molar-refractivity contribution < 1.29 is 4.79 Å². The summed E-state index contributed by atoms with van der Waals surface area (Å²) in [6, 6.07) is 16.6. The molecule has 4 rings (SSSR count). The largest absolute Gasteiger partial charge is 0.325 e. The van der Waals surface area contributed by atoms with Crippen LogP contribution < -0.4 is 5.32 Å². The third kappa shape index (κ3) is 5.07. The Morgan fingerprint density at radius 2 is 1.74 bits per heavy atom. The molecule has 0 aliphatic heterocycles. The number of carbonyl (C=O) groups is 1. The van der Waals surface area contributed by atoms with Gasteiger partial charge in [0, 0.05) is 33.7 Å². The SMILES string of the molecule is Cc1ccccc1-n1c(SCC(=O)Nc2cc(Cl)cc(Cl)c2)nnc1-c1ccncc1. The highest BCUT2D eigenvalue weighted by atomic mass is 35.5. The van der Waals surface area contributed by atoms with Gasteiger partial charge in [-0.05, 0) is 48.9 Å². The molecule has 0 aliphatic carbocycles. The van der Waals surface area contributed by atoms with E-state index in [1.165, 1.54) is 11.8 Å². The molecule has 1 N–H and O–H groups in total. The number of nitrogens with zero attached hydrogens (tertiary/aromatic N) is 4. The summed E-state index contributed by atoms with van der Waals surface area (Å²) < 4.78 is 1.96. The van der Waals surface area contributed by atoms with Gasteiger partial charge in [0.15, 0.2) is 11.0 Å². The van der Waals surface area contributed by atoms with Crippen molar-refractivity contribution in [2.24, 2.45) is 0 Å². The molecule has 0 fully saturated rings. The van der Waals surface area contributed by atoms with Gasteiger partial charge in [0.25, 0.3) is 0 Å². The van der Waals surface area contributed by atoms with Gasteiger partial charge in [0.2, 0.25) is 5.91 Å². The fraction of sp³-hybridized carbons (Fsp3) is 0.0909.